The Labute approximate surface area is 77.1 Å². The number of nitrogens with zero attached hydrogens (tertiary/aromatic N) is 1. The molecule has 1 rings (SSSR count). The quantitative estimate of drug-likeness (QED) is 0.561. The predicted molar refractivity (Wildman–Crippen MR) is 49.3 cm³/mol. The number of rotatable bonds is 1. The van der Waals surface area contributed by atoms with Crippen molar-refractivity contribution in [2.45, 2.75) is 12.3 Å². The normalized spacial score (nSPS) is 9.90. The number of aromatic nitrogens is 1. The lowest BCUT2D eigenvalue weighted by Gasteiger charge is -1.99. The molecule has 10 heavy (non-hydrogen) atoms. The van der Waals surface area contributed by atoms with Gasteiger partial charge in [0.15, 0.2) is 0 Å². The van der Waals surface area contributed by atoms with Crippen molar-refractivity contribution in [3.63, 3.8) is 0 Å². The molecule has 3 heteroatoms. The van der Waals surface area contributed by atoms with Crippen LogP contribution in [0.4, 0.5) is 0 Å². The zero-order valence-electron chi connectivity index (χ0n) is 5.56. The molecule has 0 saturated heterocycles. The van der Waals surface area contributed by atoms with Gasteiger partial charge < -0.3 is 0 Å². The summed E-state index contributed by atoms with van der Waals surface area (Å²) in [6, 6.07) is 2.02. The molecule has 0 atom stereocenters. The largest absolute Gasteiger partial charge is 0.249 e. The number of hydrogen-bond acceptors (Lipinski definition) is 1. The van der Waals surface area contributed by atoms with E-state index in [1.165, 1.54) is 11.1 Å². The van der Waals surface area contributed by atoms with Gasteiger partial charge in [-0.1, -0.05) is 15.9 Å². The Hall–Kier alpha value is 0.110. The van der Waals surface area contributed by atoms with Crippen LogP contribution >= 0.6 is 31.9 Å². The summed E-state index contributed by atoms with van der Waals surface area (Å²) in [5, 5.41) is 0.889. The minimum absolute atomic E-state index is 0.889. The van der Waals surface area contributed by atoms with Crippen molar-refractivity contribution < 1.29 is 0 Å². The summed E-state index contributed by atoms with van der Waals surface area (Å²) in [5.74, 6) is 0. The molecule has 0 N–H and O–H groups in total. The highest BCUT2D eigenvalue weighted by Crippen LogP contribution is 2.14. The van der Waals surface area contributed by atoms with E-state index in [1.54, 1.807) is 0 Å². The third-order valence-corrected chi connectivity index (χ3v) is 2.36. The van der Waals surface area contributed by atoms with Gasteiger partial charge >= 0.3 is 0 Å². The Kier molecular flexibility index (Phi) is 2.86. The van der Waals surface area contributed by atoms with Crippen molar-refractivity contribution in [3.05, 3.63) is 28.0 Å². The minimum atomic E-state index is 0.889. The van der Waals surface area contributed by atoms with Gasteiger partial charge in [0.1, 0.15) is 4.60 Å². The first kappa shape index (κ1) is 8.21. The van der Waals surface area contributed by atoms with Gasteiger partial charge in [0.05, 0.1) is 0 Å². The van der Waals surface area contributed by atoms with E-state index in [0.29, 0.717) is 0 Å². The molecular formula is C7H7Br2N. The van der Waals surface area contributed by atoms with Gasteiger partial charge in [0, 0.05) is 11.5 Å². The highest BCUT2D eigenvalue weighted by Gasteiger charge is 1.96. The lowest BCUT2D eigenvalue weighted by molar-refractivity contribution is 1.18. The van der Waals surface area contributed by atoms with Gasteiger partial charge in [0.2, 0.25) is 0 Å². The fraction of sp³-hybridized carbons (Fsp3) is 0.286. The SMILES string of the molecule is Cc1cnc(Br)cc1CBr. The Balaban J connectivity index is 3.09. The average molecular weight is 265 g/mol. The van der Waals surface area contributed by atoms with Crippen molar-refractivity contribution in [1.29, 1.82) is 0 Å². The van der Waals surface area contributed by atoms with Crippen LogP contribution in [0.5, 0.6) is 0 Å². The van der Waals surface area contributed by atoms with E-state index in [0.717, 1.165) is 9.93 Å². The lowest BCUT2D eigenvalue weighted by Crippen LogP contribution is -1.86. The minimum Gasteiger partial charge on any atom is -0.249 e. The Morgan fingerprint density at radius 3 is 2.80 bits per heavy atom. The second-order valence-corrected chi connectivity index (χ2v) is 3.44. The maximum Gasteiger partial charge on any atom is 0.106 e. The van der Waals surface area contributed by atoms with E-state index in [9.17, 15) is 0 Å². The van der Waals surface area contributed by atoms with Crippen molar-refractivity contribution in [3.8, 4) is 0 Å². The van der Waals surface area contributed by atoms with Gasteiger partial charge in [-0.2, -0.15) is 0 Å². The Morgan fingerprint density at radius 2 is 2.30 bits per heavy atom. The molecule has 0 unspecified atom stereocenters. The molecule has 0 radical (unpaired) electrons. The molecule has 0 aromatic carbocycles. The Bertz CT molecular complexity index is 235. The molecule has 0 fully saturated rings. The van der Waals surface area contributed by atoms with Gasteiger partial charge in [-0.05, 0) is 40.0 Å². The van der Waals surface area contributed by atoms with Crippen molar-refractivity contribution in [1.82, 2.24) is 4.98 Å². The van der Waals surface area contributed by atoms with E-state index in [4.69, 9.17) is 0 Å². The highest BCUT2D eigenvalue weighted by atomic mass is 79.9. The van der Waals surface area contributed by atoms with E-state index in [-0.39, 0.29) is 0 Å². The first-order valence-corrected chi connectivity index (χ1v) is 4.82. The van der Waals surface area contributed by atoms with E-state index < -0.39 is 0 Å². The summed E-state index contributed by atoms with van der Waals surface area (Å²) in [6.45, 7) is 2.05. The highest BCUT2D eigenvalue weighted by molar-refractivity contribution is 9.10. The lowest BCUT2D eigenvalue weighted by atomic mass is 10.2. The van der Waals surface area contributed by atoms with Crippen LogP contribution in [0.1, 0.15) is 11.1 Å². The Morgan fingerprint density at radius 1 is 1.60 bits per heavy atom. The first-order valence-electron chi connectivity index (χ1n) is 2.91. The molecule has 0 aliphatic heterocycles. The molecule has 0 bridgehead atoms. The van der Waals surface area contributed by atoms with Crippen LogP contribution in [0.3, 0.4) is 0 Å². The third kappa shape index (κ3) is 1.80. The molecule has 1 aromatic heterocycles. The molecule has 54 valence electrons. The van der Waals surface area contributed by atoms with Gasteiger partial charge in [-0.15, -0.1) is 0 Å². The zero-order valence-corrected chi connectivity index (χ0v) is 8.74. The summed E-state index contributed by atoms with van der Waals surface area (Å²) in [5.41, 5.74) is 2.50. The van der Waals surface area contributed by atoms with Crippen molar-refractivity contribution in [2.75, 3.05) is 0 Å². The van der Waals surface area contributed by atoms with Gasteiger partial charge in [-0.3, -0.25) is 0 Å². The molecule has 1 heterocycles. The van der Waals surface area contributed by atoms with Crippen LogP contribution in [-0.4, -0.2) is 4.98 Å². The van der Waals surface area contributed by atoms with Gasteiger partial charge in [-0.25, -0.2) is 4.98 Å². The fourth-order valence-corrected chi connectivity index (χ4v) is 1.66. The second kappa shape index (κ2) is 3.49. The first-order chi connectivity index (χ1) is 4.74. The van der Waals surface area contributed by atoms with Crippen LogP contribution in [0.25, 0.3) is 0 Å². The number of alkyl halides is 1. The molecule has 0 aliphatic carbocycles. The zero-order chi connectivity index (χ0) is 7.56. The summed E-state index contributed by atoms with van der Waals surface area (Å²) >= 11 is 6.70. The van der Waals surface area contributed by atoms with E-state index in [2.05, 4.69) is 43.8 Å². The fourth-order valence-electron chi connectivity index (χ4n) is 0.680. The molecule has 0 saturated carbocycles. The van der Waals surface area contributed by atoms with Crippen LogP contribution in [0.2, 0.25) is 0 Å². The summed E-state index contributed by atoms with van der Waals surface area (Å²) in [4.78, 5) is 4.08. The van der Waals surface area contributed by atoms with Crippen LogP contribution in [0.15, 0.2) is 16.9 Å². The molecular weight excluding hydrogens is 258 g/mol. The maximum absolute atomic E-state index is 4.08. The molecule has 1 nitrogen and oxygen atoms in total. The van der Waals surface area contributed by atoms with E-state index >= 15 is 0 Å². The molecule has 0 aliphatic rings. The molecule has 0 amide bonds. The smallest absolute Gasteiger partial charge is 0.106 e. The topological polar surface area (TPSA) is 12.9 Å². The van der Waals surface area contributed by atoms with Crippen LogP contribution < -0.4 is 0 Å². The van der Waals surface area contributed by atoms with Crippen molar-refractivity contribution >= 4 is 31.9 Å². The number of pyridine rings is 1. The number of halogens is 2. The van der Waals surface area contributed by atoms with Crippen LogP contribution in [-0.2, 0) is 5.33 Å². The maximum atomic E-state index is 4.08. The van der Waals surface area contributed by atoms with Crippen molar-refractivity contribution in [2.24, 2.45) is 0 Å². The average Bonchev–Trinajstić information content (AvgIpc) is 1.94. The summed E-state index contributed by atoms with van der Waals surface area (Å²) in [6.07, 6.45) is 1.86. The summed E-state index contributed by atoms with van der Waals surface area (Å²) in [7, 11) is 0. The predicted octanol–water partition coefficient (Wildman–Crippen LogP) is 3.05. The third-order valence-electron chi connectivity index (χ3n) is 1.33. The van der Waals surface area contributed by atoms with E-state index in [1.807, 2.05) is 12.3 Å². The summed E-state index contributed by atoms with van der Waals surface area (Å²) < 4.78 is 0.896. The van der Waals surface area contributed by atoms with Gasteiger partial charge in [0.25, 0.3) is 0 Å². The standard InChI is InChI=1S/C7H7Br2N/c1-5-4-10-7(9)2-6(5)3-8/h2,4H,3H2,1H3. The molecule has 1 aromatic rings. The molecule has 0 spiro atoms. The number of hydrogen-bond donors (Lipinski definition) is 0. The second-order valence-electron chi connectivity index (χ2n) is 2.07. The number of aryl methyl sites for hydroxylation is 1. The monoisotopic (exact) mass is 263 g/mol. The van der Waals surface area contributed by atoms with Crippen LogP contribution in [0, 0.1) is 6.92 Å².